The molecule has 3 aliphatic heterocycles. The molecule has 0 radical (unpaired) electrons. The van der Waals surface area contributed by atoms with E-state index in [2.05, 4.69) is 42.6 Å². The fraction of sp³-hybridized carbons (Fsp3) is 0.600. The summed E-state index contributed by atoms with van der Waals surface area (Å²) in [7, 11) is 0. The lowest BCUT2D eigenvalue weighted by atomic mass is 9.71. The van der Waals surface area contributed by atoms with Crippen LogP contribution in [0, 0.1) is 11.3 Å². The van der Waals surface area contributed by atoms with Crippen LogP contribution in [-0.2, 0) is 11.2 Å². The first kappa shape index (κ1) is 18.5. The fourth-order valence-electron chi connectivity index (χ4n) is 5.13. The van der Waals surface area contributed by atoms with Gasteiger partial charge in [-0.1, -0.05) is 6.92 Å². The number of carbonyl (C=O) groups is 1. The summed E-state index contributed by atoms with van der Waals surface area (Å²) < 4.78 is 5.61. The Balaban J connectivity index is 1.59. The van der Waals surface area contributed by atoms with Crippen molar-refractivity contribution in [2.45, 2.75) is 38.4 Å². The number of fused-ring (bicyclic) bond motifs is 1. The minimum Gasteiger partial charge on any atom is -0.381 e. The molecular formula is C20H27N7O2. The number of hydrogen-bond acceptors (Lipinski definition) is 7. The number of ether oxygens (including phenoxy) is 1. The van der Waals surface area contributed by atoms with Crippen LogP contribution in [-0.4, -0.2) is 64.6 Å². The highest BCUT2D eigenvalue weighted by Crippen LogP contribution is 2.44. The number of rotatable bonds is 4. The van der Waals surface area contributed by atoms with Crippen LogP contribution in [0.5, 0.6) is 0 Å². The molecule has 0 aromatic carbocycles. The van der Waals surface area contributed by atoms with Gasteiger partial charge in [0.25, 0.3) is 5.91 Å². The van der Waals surface area contributed by atoms with Gasteiger partial charge in [-0.15, -0.1) is 0 Å². The van der Waals surface area contributed by atoms with Gasteiger partial charge in [-0.2, -0.15) is 5.10 Å². The maximum Gasteiger partial charge on any atom is 0.258 e. The van der Waals surface area contributed by atoms with E-state index in [9.17, 15) is 4.79 Å². The van der Waals surface area contributed by atoms with E-state index in [1.54, 1.807) is 18.6 Å². The third kappa shape index (κ3) is 3.08. The number of carbonyl (C=O) groups excluding carboxylic acids is 1. The highest BCUT2D eigenvalue weighted by molar-refractivity contribution is 6.01. The maximum absolute atomic E-state index is 13.0. The molecule has 2 saturated heterocycles. The zero-order valence-electron chi connectivity index (χ0n) is 16.6. The van der Waals surface area contributed by atoms with Gasteiger partial charge in [0.2, 0.25) is 0 Å². The lowest BCUT2D eigenvalue weighted by Crippen LogP contribution is -2.66. The Kier molecular flexibility index (Phi) is 4.71. The molecule has 0 aliphatic carbocycles. The Morgan fingerprint density at radius 2 is 2.07 bits per heavy atom. The summed E-state index contributed by atoms with van der Waals surface area (Å²) in [6.45, 7) is 5.40. The summed E-state index contributed by atoms with van der Waals surface area (Å²) in [5, 5.41) is 14.2. The van der Waals surface area contributed by atoms with Gasteiger partial charge >= 0.3 is 0 Å². The van der Waals surface area contributed by atoms with Crippen LogP contribution < -0.4 is 15.5 Å². The highest BCUT2D eigenvalue weighted by atomic mass is 16.5. The lowest BCUT2D eigenvalue weighted by molar-refractivity contribution is 0.0616. The quantitative estimate of drug-likeness (QED) is 0.698. The molecular weight excluding hydrogens is 370 g/mol. The predicted octanol–water partition coefficient (Wildman–Crippen LogP) is 0.723. The first-order valence-electron chi connectivity index (χ1n) is 10.4. The van der Waals surface area contributed by atoms with Gasteiger partial charge in [0.15, 0.2) is 0 Å². The largest absolute Gasteiger partial charge is 0.381 e. The van der Waals surface area contributed by atoms with Gasteiger partial charge in [0, 0.05) is 50.0 Å². The van der Waals surface area contributed by atoms with Gasteiger partial charge in [0.1, 0.15) is 23.4 Å². The summed E-state index contributed by atoms with van der Waals surface area (Å²) in [5.41, 5.74) is 0.371. The van der Waals surface area contributed by atoms with Gasteiger partial charge in [0.05, 0.1) is 6.20 Å². The Hall–Kier alpha value is -2.52. The monoisotopic (exact) mass is 397 g/mol. The molecule has 9 nitrogen and oxygen atoms in total. The molecule has 2 aromatic rings. The minimum absolute atomic E-state index is 0.0745. The van der Waals surface area contributed by atoms with E-state index in [4.69, 9.17) is 4.74 Å². The number of nitrogens with one attached hydrogen (secondary N) is 3. The standard InChI is InChI=1S/C20H27N7O2/c1-13-10-21-12-20(13,9-16-22-5-2-6-23-16)19-25-18(28)15-11-24-26-17(15)27(19)14-3-7-29-8-4-14/h2,5-6,11,13-14,19,21H,3-4,7-10,12H2,1H3,(H,24,26)(H,25,28)/t13-,19?,20-/m1/s1. The maximum atomic E-state index is 13.0. The molecule has 0 bridgehead atoms. The van der Waals surface area contributed by atoms with Gasteiger partial charge < -0.3 is 20.3 Å². The smallest absolute Gasteiger partial charge is 0.258 e. The van der Waals surface area contributed by atoms with Crippen LogP contribution in [0.4, 0.5) is 5.82 Å². The molecule has 154 valence electrons. The third-order valence-electron chi connectivity index (χ3n) is 6.79. The van der Waals surface area contributed by atoms with Gasteiger partial charge in [-0.3, -0.25) is 9.89 Å². The van der Waals surface area contributed by atoms with E-state index in [0.29, 0.717) is 17.9 Å². The number of aromatic nitrogens is 4. The minimum atomic E-state index is -0.238. The third-order valence-corrected chi connectivity index (χ3v) is 6.79. The van der Waals surface area contributed by atoms with E-state index in [0.717, 1.165) is 50.8 Å². The van der Waals surface area contributed by atoms with E-state index in [1.807, 2.05) is 6.07 Å². The molecule has 3 N–H and O–H groups in total. The number of H-pyrrole nitrogens is 1. The van der Waals surface area contributed by atoms with Crippen LogP contribution in [0.25, 0.3) is 0 Å². The second-order valence-corrected chi connectivity index (χ2v) is 8.37. The Labute approximate surface area is 169 Å². The Morgan fingerprint density at radius 1 is 1.28 bits per heavy atom. The van der Waals surface area contributed by atoms with E-state index in [-0.39, 0.29) is 23.5 Å². The number of anilines is 1. The number of hydrogen-bond donors (Lipinski definition) is 3. The van der Waals surface area contributed by atoms with E-state index in [1.165, 1.54) is 0 Å². The molecule has 29 heavy (non-hydrogen) atoms. The van der Waals surface area contributed by atoms with Crippen molar-refractivity contribution >= 4 is 11.7 Å². The van der Waals surface area contributed by atoms with Gasteiger partial charge in [-0.25, -0.2) is 9.97 Å². The van der Waals surface area contributed by atoms with E-state index >= 15 is 0 Å². The fourth-order valence-corrected chi connectivity index (χ4v) is 5.13. The first-order chi connectivity index (χ1) is 14.2. The van der Waals surface area contributed by atoms with Gasteiger partial charge in [-0.05, 0) is 31.4 Å². The Bertz CT molecular complexity index is 867. The lowest BCUT2D eigenvalue weighted by Gasteiger charge is -2.51. The number of nitrogens with zero attached hydrogens (tertiary/aromatic N) is 4. The summed E-state index contributed by atoms with van der Waals surface area (Å²) in [4.78, 5) is 24.3. The summed E-state index contributed by atoms with van der Waals surface area (Å²) in [6.07, 6.45) is 7.54. The zero-order valence-corrected chi connectivity index (χ0v) is 16.6. The van der Waals surface area contributed by atoms with Crippen molar-refractivity contribution in [3.05, 3.63) is 36.0 Å². The molecule has 9 heteroatoms. The molecule has 3 atom stereocenters. The van der Waals surface area contributed by atoms with Crippen molar-refractivity contribution in [2.75, 3.05) is 31.2 Å². The average Bonchev–Trinajstić information content (AvgIpc) is 3.38. The topological polar surface area (TPSA) is 108 Å². The number of aromatic amines is 1. The molecule has 1 unspecified atom stereocenters. The van der Waals surface area contributed by atoms with Crippen molar-refractivity contribution < 1.29 is 9.53 Å². The van der Waals surface area contributed by atoms with Crippen LogP contribution in [0.15, 0.2) is 24.7 Å². The van der Waals surface area contributed by atoms with Crippen molar-refractivity contribution in [3.63, 3.8) is 0 Å². The van der Waals surface area contributed by atoms with Crippen molar-refractivity contribution in [1.82, 2.24) is 30.8 Å². The molecule has 1 amide bonds. The van der Waals surface area contributed by atoms with Crippen molar-refractivity contribution in [1.29, 1.82) is 0 Å². The highest BCUT2D eigenvalue weighted by Gasteiger charge is 2.54. The molecule has 0 spiro atoms. The second kappa shape index (κ2) is 7.38. The van der Waals surface area contributed by atoms with Crippen molar-refractivity contribution in [3.8, 4) is 0 Å². The molecule has 0 saturated carbocycles. The summed E-state index contributed by atoms with van der Waals surface area (Å²) >= 11 is 0. The van der Waals surface area contributed by atoms with Crippen LogP contribution in [0.2, 0.25) is 0 Å². The zero-order chi connectivity index (χ0) is 19.8. The molecule has 3 aliphatic rings. The molecule has 5 rings (SSSR count). The van der Waals surface area contributed by atoms with Crippen LogP contribution in [0.3, 0.4) is 0 Å². The summed E-state index contributed by atoms with van der Waals surface area (Å²) in [6, 6.07) is 2.11. The average molecular weight is 397 g/mol. The number of amides is 1. The second-order valence-electron chi connectivity index (χ2n) is 8.37. The SMILES string of the molecule is C[C@@H]1CNC[C@@]1(Cc1ncccn1)C1NC(=O)c2cn[nH]c2N1C1CCOCC1. The normalized spacial score (nSPS) is 30.2. The molecule has 5 heterocycles. The van der Waals surface area contributed by atoms with Crippen molar-refractivity contribution in [2.24, 2.45) is 11.3 Å². The Morgan fingerprint density at radius 3 is 2.79 bits per heavy atom. The predicted molar refractivity (Wildman–Crippen MR) is 106 cm³/mol. The molecule has 2 aromatic heterocycles. The van der Waals surface area contributed by atoms with Crippen LogP contribution in [0.1, 0.15) is 35.9 Å². The van der Waals surface area contributed by atoms with Crippen LogP contribution >= 0.6 is 0 Å². The first-order valence-corrected chi connectivity index (χ1v) is 10.4. The summed E-state index contributed by atoms with van der Waals surface area (Å²) in [5.74, 6) is 1.88. The van der Waals surface area contributed by atoms with E-state index < -0.39 is 0 Å². The molecule has 2 fully saturated rings.